The number of anilines is 1. The van der Waals surface area contributed by atoms with Gasteiger partial charge in [0, 0.05) is 34.7 Å². The fraction of sp³-hybridized carbons (Fsp3) is 0.375. The van der Waals surface area contributed by atoms with Crippen LogP contribution in [0.4, 0.5) is 5.82 Å². The Hall–Kier alpha value is -1.46. The normalized spacial score (nSPS) is 10.9. The number of hydrogen-bond donors (Lipinski definition) is 1. The molecule has 1 aromatic carbocycles. The smallest absolute Gasteiger partial charge is 0.226 e. The second-order valence-corrected chi connectivity index (χ2v) is 7.00. The van der Waals surface area contributed by atoms with Crippen LogP contribution in [0.1, 0.15) is 20.3 Å². The Morgan fingerprint density at radius 2 is 2.05 bits per heavy atom. The minimum Gasteiger partial charge on any atom is -0.311 e. The van der Waals surface area contributed by atoms with Crippen molar-refractivity contribution in [2.24, 2.45) is 5.92 Å². The minimum atomic E-state index is 0.00645. The zero-order valence-electron chi connectivity index (χ0n) is 12.8. The van der Waals surface area contributed by atoms with E-state index < -0.39 is 0 Å². The number of carbonyl (C=O) groups is 1. The predicted molar refractivity (Wildman–Crippen MR) is 92.5 cm³/mol. The average molecular weight is 338 g/mol. The number of aromatic nitrogens is 2. The monoisotopic (exact) mass is 337 g/mol. The maximum Gasteiger partial charge on any atom is 0.226 e. The summed E-state index contributed by atoms with van der Waals surface area (Å²) in [5.74, 6) is 1.98. The van der Waals surface area contributed by atoms with E-state index in [1.54, 1.807) is 18.0 Å². The van der Waals surface area contributed by atoms with Gasteiger partial charge in [0.25, 0.3) is 0 Å². The number of rotatable bonds is 7. The van der Waals surface area contributed by atoms with Crippen LogP contribution in [0.25, 0.3) is 0 Å². The molecule has 0 atom stereocenters. The van der Waals surface area contributed by atoms with Crippen LogP contribution in [0.15, 0.2) is 41.4 Å². The summed E-state index contributed by atoms with van der Waals surface area (Å²) in [7, 11) is 0. The van der Waals surface area contributed by atoms with Gasteiger partial charge in [-0.3, -0.25) is 4.79 Å². The maximum atomic E-state index is 12.0. The Balaban J connectivity index is 1.78. The molecule has 1 N–H and O–H groups in total. The van der Waals surface area contributed by atoms with E-state index in [1.165, 1.54) is 0 Å². The zero-order valence-corrected chi connectivity index (χ0v) is 14.3. The average Bonchev–Trinajstić information content (AvgIpc) is 2.87. The molecule has 0 spiro atoms. The molecule has 0 saturated heterocycles. The topological polar surface area (TPSA) is 46.9 Å². The van der Waals surface area contributed by atoms with E-state index in [0.29, 0.717) is 12.3 Å². The number of nitrogens with one attached hydrogen (secondary N) is 1. The van der Waals surface area contributed by atoms with Gasteiger partial charge < -0.3 is 5.32 Å². The molecule has 118 valence electrons. The highest BCUT2D eigenvalue weighted by Gasteiger charge is 2.08. The summed E-state index contributed by atoms with van der Waals surface area (Å²) < 4.78 is 1.83. The van der Waals surface area contributed by atoms with Crippen molar-refractivity contribution in [3.63, 3.8) is 0 Å². The van der Waals surface area contributed by atoms with Gasteiger partial charge in [0.15, 0.2) is 0 Å². The van der Waals surface area contributed by atoms with Crippen LogP contribution >= 0.6 is 23.4 Å². The summed E-state index contributed by atoms with van der Waals surface area (Å²) in [6.07, 6.45) is 2.17. The lowest BCUT2D eigenvalue weighted by Crippen LogP contribution is -2.17. The second-order valence-electron chi connectivity index (χ2n) is 5.39. The van der Waals surface area contributed by atoms with Crippen molar-refractivity contribution in [1.82, 2.24) is 9.78 Å². The lowest BCUT2D eigenvalue weighted by atomic mass is 10.2. The number of nitrogens with zero attached hydrogens (tertiary/aromatic N) is 2. The molecule has 2 rings (SSSR count). The van der Waals surface area contributed by atoms with Gasteiger partial charge in [0.05, 0.1) is 6.20 Å². The van der Waals surface area contributed by atoms with E-state index in [9.17, 15) is 4.79 Å². The molecule has 1 amide bonds. The fourth-order valence-electron chi connectivity index (χ4n) is 1.93. The number of halogens is 1. The largest absolute Gasteiger partial charge is 0.311 e. The van der Waals surface area contributed by atoms with Crippen LogP contribution in [0.3, 0.4) is 0 Å². The fourth-order valence-corrected chi connectivity index (χ4v) is 2.91. The van der Waals surface area contributed by atoms with Gasteiger partial charge in [-0.05, 0) is 30.2 Å². The molecule has 0 bridgehead atoms. The summed E-state index contributed by atoms with van der Waals surface area (Å²) in [5.41, 5.74) is 0. The zero-order chi connectivity index (χ0) is 15.9. The molecule has 6 heteroatoms. The molecule has 0 unspecified atom stereocenters. The Bertz CT molecular complexity index is 610. The number of amides is 1. The predicted octanol–water partition coefficient (Wildman–Crippen LogP) is 4.31. The van der Waals surface area contributed by atoms with Gasteiger partial charge in [0.2, 0.25) is 5.91 Å². The molecule has 0 aliphatic carbocycles. The van der Waals surface area contributed by atoms with Crippen molar-refractivity contribution in [3.8, 4) is 0 Å². The van der Waals surface area contributed by atoms with Crippen molar-refractivity contribution < 1.29 is 4.79 Å². The standard InChI is InChI=1S/C16H20ClN3OS/c1-12(2)11-20-15(7-9-18-20)19-16(21)8-10-22-14-5-3-13(17)4-6-14/h3-7,9,12H,8,10-11H2,1-2H3,(H,19,21). The summed E-state index contributed by atoms with van der Waals surface area (Å²) in [6, 6.07) is 9.46. The first-order valence-corrected chi connectivity index (χ1v) is 8.61. The van der Waals surface area contributed by atoms with Crippen LogP contribution in [0.2, 0.25) is 5.02 Å². The van der Waals surface area contributed by atoms with Gasteiger partial charge in [-0.1, -0.05) is 25.4 Å². The quantitative estimate of drug-likeness (QED) is 0.766. The third kappa shape index (κ3) is 5.39. The number of hydrogen-bond acceptors (Lipinski definition) is 3. The maximum absolute atomic E-state index is 12.0. The van der Waals surface area contributed by atoms with Gasteiger partial charge in [0.1, 0.15) is 5.82 Å². The molecule has 0 fully saturated rings. The minimum absolute atomic E-state index is 0.00645. The Kier molecular flexibility index (Phi) is 6.34. The van der Waals surface area contributed by atoms with Crippen LogP contribution in [0, 0.1) is 5.92 Å². The molecule has 1 heterocycles. The highest BCUT2D eigenvalue weighted by molar-refractivity contribution is 7.99. The van der Waals surface area contributed by atoms with Crippen LogP contribution in [0.5, 0.6) is 0 Å². The molecule has 0 radical (unpaired) electrons. The molecule has 0 aliphatic heterocycles. The second kappa shape index (κ2) is 8.25. The van der Waals surface area contributed by atoms with Gasteiger partial charge in [-0.2, -0.15) is 5.10 Å². The first-order valence-electron chi connectivity index (χ1n) is 7.24. The van der Waals surface area contributed by atoms with E-state index in [0.717, 1.165) is 28.0 Å². The summed E-state index contributed by atoms with van der Waals surface area (Å²) in [4.78, 5) is 13.1. The Morgan fingerprint density at radius 1 is 1.32 bits per heavy atom. The van der Waals surface area contributed by atoms with Crippen LogP contribution in [-0.4, -0.2) is 21.4 Å². The molecule has 1 aromatic heterocycles. The van der Waals surface area contributed by atoms with Crippen LogP contribution in [-0.2, 0) is 11.3 Å². The highest BCUT2D eigenvalue weighted by atomic mass is 35.5. The molecule has 0 aliphatic rings. The first kappa shape index (κ1) is 16.9. The van der Waals surface area contributed by atoms with Gasteiger partial charge >= 0.3 is 0 Å². The van der Waals surface area contributed by atoms with Gasteiger partial charge in [-0.15, -0.1) is 11.8 Å². The molecule has 22 heavy (non-hydrogen) atoms. The van der Waals surface area contributed by atoms with Crippen molar-refractivity contribution in [2.45, 2.75) is 31.7 Å². The third-order valence-corrected chi connectivity index (χ3v) is 4.20. The summed E-state index contributed by atoms with van der Waals surface area (Å²) >= 11 is 7.49. The van der Waals surface area contributed by atoms with E-state index in [-0.39, 0.29) is 5.91 Å². The van der Waals surface area contributed by atoms with Crippen molar-refractivity contribution in [3.05, 3.63) is 41.6 Å². The number of carbonyl (C=O) groups excluding carboxylic acids is 1. The van der Waals surface area contributed by atoms with Gasteiger partial charge in [-0.25, -0.2) is 4.68 Å². The molecular formula is C16H20ClN3OS. The Labute approximate surface area is 140 Å². The Morgan fingerprint density at radius 3 is 2.73 bits per heavy atom. The molecule has 0 saturated carbocycles. The highest BCUT2D eigenvalue weighted by Crippen LogP contribution is 2.21. The van der Waals surface area contributed by atoms with E-state index in [4.69, 9.17) is 11.6 Å². The van der Waals surface area contributed by atoms with Crippen molar-refractivity contribution in [1.29, 1.82) is 0 Å². The first-order chi connectivity index (χ1) is 10.5. The lowest BCUT2D eigenvalue weighted by molar-refractivity contribution is -0.115. The molecule has 2 aromatic rings. The van der Waals surface area contributed by atoms with Crippen LogP contribution < -0.4 is 5.32 Å². The number of benzene rings is 1. The van der Waals surface area contributed by atoms with Crippen molar-refractivity contribution in [2.75, 3.05) is 11.1 Å². The molecular weight excluding hydrogens is 318 g/mol. The van der Waals surface area contributed by atoms with E-state index in [1.807, 2.05) is 35.0 Å². The third-order valence-electron chi connectivity index (χ3n) is 2.93. The van der Waals surface area contributed by atoms with E-state index in [2.05, 4.69) is 24.3 Å². The lowest BCUT2D eigenvalue weighted by Gasteiger charge is -2.10. The van der Waals surface area contributed by atoms with E-state index >= 15 is 0 Å². The molecule has 4 nitrogen and oxygen atoms in total. The van der Waals surface area contributed by atoms with Crippen molar-refractivity contribution >= 4 is 35.1 Å². The SMILES string of the molecule is CC(C)Cn1nccc1NC(=O)CCSc1ccc(Cl)cc1. The number of thioether (sulfide) groups is 1. The summed E-state index contributed by atoms with van der Waals surface area (Å²) in [6.45, 7) is 5.04. The summed E-state index contributed by atoms with van der Waals surface area (Å²) in [5, 5.41) is 7.87.